The maximum absolute atomic E-state index is 13.1. The number of aromatic nitrogens is 2. The van der Waals surface area contributed by atoms with Crippen molar-refractivity contribution >= 4 is 47.2 Å². The number of anilines is 2. The van der Waals surface area contributed by atoms with Gasteiger partial charge in [-0.3, -0.25) is 9.59 Å². The van der Waals surface area contributed by atoms with E-state index < -0.39 is 30.2 Å². The van der Waals surface area contributed by atoms with Crippen LogP contribution in [0.1, 0.15) is 13.3 Å². The number of fused-ring (bicyclic) bond motifs is 2. The van der Waals surface area contributed by atoms with Crippen LogP contribution in [0.4, 0.5) is 16.4 Å². The third kappa shape index (κ3) is 3.97. The molecule has 2 aromatic heterocycles. The molecule has 37 heavy (non-hydrogen) atoms. The number of urea groups is 1. The molecule has 0 bridgehead atoms. The molecule has 2 aromatic rings. The monoisotopic (exact) mass is 519 g/mol. The zero-order chi connectivity index (χ0) is 25.8. The third-order valence-electron chi connectivity index (χ3n) is 7.51. The number of hydrogen-bond donors (Lipinski definition) is 1. The number of thiazole rings is 1. The minimum absolute atomic E-state index is 0.365. The number of amides is 4. The molecule has 3 aliphatic heterocycles. The van der Waals surface area contributed by atoms with Crippen molar-refractivity contribution in [1.29, 1.82) is 5.26 Å². The summed E-state index contributed by atoms with van der Waals surface area (Å²) in [7, 11) is 1.52. The van der Waals surface area contributed by atoms with Crippen LogP contribution in [-0.4, -0.2) is 93.8 Å². The molecule has 190 valence electrons. The van der Waals surface area contributed by atoms with Gasteiger partial charge < -0.3 is 20.0 Å². The van der Waals surface area contributed by atoms with E-state index in [2.05, 4.69) is 25.2 Å². The first kappa shape index (κ1) is 23.4. The molecular weight excluding hydrogens is 494 g/mol. The normalized spacial score (nSPS) is 26.7. The Kier molecular flexibility index (Phi) is 5.56. The van der Waals surface area contributed by atoms with E-state index in [1.807, 2.05) is 24.4 Å². The van der Waals surface area contributed by atoms with Gasteiger partial charge in [0.15, 0.2) is 12.2 Å². The summed E-state index contributed by atoms with van der Waals surface area (Å²) in [5, 5.41) is 14.3. The number of hydrogen-bond acceptors (Lipinski definition) is 10. The van der Waals surface area contributed by atoms with E-state index in [0.29, 0.717) is 5.82 Å². The van der Waals surface area contributed by atoms with Gasteiger partial charge in [0.2, 0.25) is 5.91 Å². The van der Waals surface area contributed by atoms with Gasteiger partial charge in [0.25, 0.3) is 5.91 Å². The average molecular weight is 520 g/mol. The van der Waals surface area contributed by atoms with Crippen LogP contribution in [0.5, 0.6) is 0 Å². The number of carbonyl (C=O) groups is 3. The molecule has 1 N–H and O–H groups in total. The number of nitrogens with one attached hydrogen (secondary N) is 1. The van der Waals surface area contributed by atoms with Crippen LogP contribution in [0.15, 0.2) is 28.7 Å². The fourth-order valence-electron chi connectivity index (χ4n) is 5.25. The second-order valence-corrected chi connectivity index (χ2v) is 10.7. The fraction of sp³-hybridized carbons (Fsp3) is 0.458. The molecule has 4 unspecified atom stereocenters. The molecule has 1 saturated carbocycles. The first-order valence-corrected chi connectivity index (χ1v) is 13.0. The number of pyridine rings is 1. The maximum Gasteiger partial charge on any atom is 0.329 e. The number of nitrogens with zero attached hydrogens (tertiary/aromatic N) is 8. The summed E-state index contributed by atoms with van der Waals surface area (Å²) in [6.45, 7) is 3.46. The third-order valence-corrected chi connectivity index (χ3v) is 8.40. The molecule has 1 aliphatic carbocycles. The molecule has 13 heteroatoms. The number of imide groups is 1. The highest BCUT2D eigenvalue weighted by Gasteiger charge is 2.51. The number of aliphatic imine (C=N–C) groups is 1. The Morgan fingerprint density at radius 2 is 2.08 bits per heavy atom. The molecular formula is C24H25N9O3S. The highest BCUT2D eigenvalue weighted by atomic mass is 32.1. The van der Waals surface area contributed by atoms with Crippen molar-refractivity contribution in [2.45, 2.75) is 31.6 Å². The quantitative estimate of drug-likeness (QED) is 0.566. The number of nitriles is 1. The molecule has 5 heterocycles. The molecule has 12 nitrogen and oxygen atoms in total. The van der Waals surface area contributed by atoms with E-state index >= 15 is 0 Å². The first-order chi connectivity index (χ1) is 17.9. The van der Waals surface area contributed by atoms with Crippen LogP contribution < -0.4 is 10.2 Å². The van der Waals surface area contributed by atoms with Crippen LogP contribution in [-0.2, 0) is 9.59 Å². The lowest BCUT2D eigenvalue weighted by atomic mass is 10.1. The van der Waals surface area contributed by atoms with E-state index in [9.17, 15) is 14.4 Å². The number of likely N-dealkylation sites (N-methyl/N-ethyl adjacent to an activating group) is 1. The summed E-state index contributed by atoms with van der Waals surface area (Å²) in [6.07, 6.45) is 3.82. The van der Waals surface area contributed by atoms with Gasteiger partial charge in [0.05, 0.1) is 12.4 Å². The molecule has 0 aromatic carbocycles. The fourth-order valence-corrected chi connectivity index (χ4v) is 5.99. The lowest BCUT2D eigenvalue weighted by molar-refractivity contribution is -0.138. The smallest absolute Gasteiger partial charge is 0.329 e. The van der Waals surface area contributed by atoms with Crippen molar-refractivity contribution in [3.63, 3.8) is 0 Å². The molecule has 0 spiro atoms. The van der Waals surface area contributed by atoms with Crippen LogP contribution in [0.2, 0.25) is 0 Å². The van der Waals surface area contributed by atoms with Gasteiger partial charge in [-0.2, -0.15) is 5.26 Å². The number of piperidine rings is 1. The van der Waals surface area contributed by atoms with E-state index in [0.717, 1.165) is 46.2 Å². The summed E-state index contributed by atoms with van der Waals surface area (Å²) in [5.41, 5.74) is 0.874. The lowest BCUT2D eigenvalue weighted by Crippen LogP contribution is -2.66. The van der Waals surface area contributed by atoms with Gasteiger partial charge in [-0.05, 0) is 37.3 Å². The molecule has 2 saturated heterocycles. The predicted octanol–water partition coefficient (Wildman–Crippen LogP) is 1.44. The Morgan fingerprint density at radius 1 is 1.30 bits per heavy atom. The van der Waals surface area contributed by atoms with E-state index in [4.69, 9.17) is 5.26 Å². The van der Waals surface area contributed by atoms with Crippen molar-refractivity contribution in [2.24, 2.45) is 16.8 Å². The second kappa shape index (κ2) is 8.81. The summed E-state index contributed by atoms with van der Waals surface area (Å²) in [6, 6.07) is 3.62. The van der Waals surface area contributed by atoms with Gasteiger partial charge in [-0.15, -0.1) is 11.3 Å². The standard InChI is InChI=1S/C24H25N9O3S/c1-13(33-12-27-20-19(33)23(35)32(6-5-25)24(36)30(20)2)21(34)28-17-11-37-22(29-17)14-3-4-18(26-8-14)31-9-15-7-16(15)10-31/h3-4,8,11-13,15-16,19-20H,6-7,9-10H2,1-2H3,(H,28,34)/t13-,15?,16?,19?,20?/m0/s1. The van der Waals surface area contributed by atoms with E-state index in [1.54, 1.807) is 12.3 Å². The first-order valence-electron chi connectivity index (χ1n) is 12.1. The zero-order valence-corrected chi connectivity index (χ0v) is 21.1. The van der Waals surface area contributed by atoms with Crippen molar-refractivity contribution in [3.05, 3.63) is 23.7 Å². The van der Waals surface area contributed by atoms with Crippen molar-refractivity contribution < 1.29 is 14.4 Å². The predicted molar refractivity (Wildman–Crippen MR) is 136 cm³/mol. The number of rotatable bonds is 6. The summed E-state index contributed by atoms with van der Waals surface area (Å²) in [4.78, 5) is 58.0. The van der Waals surface area contributed by atoms with E-state index in [-0.39, 0.29) is 12.5 Å². The largest absolute Gasteiger partial charge is 0.356 e. The highest BCUT2D eigenvalue weighted by Crippen LogP contribution is 2.46. The molecule has 4 amide bonds. The molecule has 4 aliphatic rings. The Balaban J connectivity index is 1.11. The molecule has 0 radical (unpaired) electrons. The van der Waals surface area contributed by atoms with Crippen LogP contribution in [0, 0.1) is 23.2 Å². The van der Waals surface area contributed by atoms with E-state index in [1.165, 1.54) is 40.9 Å². The van der Waals surface area contributed by atoms with Crippen LogP contribution >= 0.6 is 11.3 Å². The summed E-state index contributed by atoms with van der Waals surface area (Å²) < 4.78 is 0. The van der Waals surface area contributed by atoms with Gasteiger partial charge >= 0.3 is 6.03 Å². The Labute approximate surface area is 217 Å². The lowest BCUT2D eigenvalue weighted by Gasteiger charge is -2.41. The maximum atomic E-state index is 13.1. The minimum Gasteiger partial charge on any atom is -0.356 e. The molecule has 6 rings (SSSR count). The van der Waals surface area contributed by atoms with Crippen molar-refractivity contribution in [2.75, 3.05) is 36.9 Å². The second-order valence-electron chi connectivity index (χ2n) is 9.82. The summed E-state index contributed by atoms with van der Waals surface area (Å²) in [5.74, 6) is 2.14. The van der Waals surface area contributed by atoms with Gasteiger partial charge in [0, 0.05) is 37.3 Å². The molecule has 3 fully saturated rings. The van der Waals surface area contributed by atoms with Gasteiger partial charge in [0.1, 0.15) is 29.2 Å². The topological polar surface area (TPSA) is 138 Å². The average Bonchev–Trinajstić information content (AvgIpc) is 3.30. The Bertz CT molecular complexity index is 1330. The van der Waals surface area contributed by atoms with Crippen LogP contribution in [0.3, 0.4) is 0 Å². The van der Waals surface area contributed by atoms with Crippen LogP contribution in [0.25, 0.3) is 10.6 Å². The number of carbonyl (C=O) groups excluding carboxylic acids is 3. The molecule has 5 atom stereocenters. The highest BCUT2D eigenvalue weighted by molar-refractivity contribution is 7.13. The van der Waals surface area contributed by atoms with Crippen molar-refractivity contribution in [1.82, 2.24) is 24.7 Å². The Morgan fingerprint density at radius 3 is 2.78 bits per heavy atom. The van der Waals surface area contributed by atoms with Crippen molar-refractivity contribution in [3.8, 4) is 16.6 Å². The SMILES string of the molecule is C[C@@H](C(=O)Nc1csc(-c2ccc(N3CC4CC4C3)nc2)n1)N1C=NC2C1C(=O)N(CC#N)C(=O)N2C. The zero-order valence-electron chi connectivity index (χ0n) is 20.3. The van der Waals surface area contributed by atoms with Gasteiger partial charge in [-0.1, -0.05) is 0 Å². The van der Waals surface area contributed by atoms with Gasteiger partial charge in [-0.25, -0.2) is 24.7 Å². The minimum atomic E-state index is -0.881. The summed E-state index contributed by atoms with van der Waals surface area (Å²) >= 11 is 1.40. The Hall–Kier alpha value is -4.05.